The third-order valence-corrected chi connectivity index (χ3v) is 4.33. The molecule has 0 bridgehead atoms. The van der Waals surface area contributed by atoms with Crippen molar-refractivity contribution < 1.29 is 4.74 Å². The summed E-state index contributed by atoms with van der Waals surface area (Å²) in [4.78, 5) is 0. The van der Waals surface area contributed by atoms with Crippen LogP contribution in [0.4, 0.5) is 0 Å². The van der Waals surface area contributed by atoms with Crippen LogP contribution in [0.25, 0.3) is 0 Å². The number of methoxy groups -OCH3 is 1. The van der Waals surface area contributed by atoms with Gasteiger partial charge in [-0.25, -0.2) is 0 Å². The number of hydrogen-bond donors (Lipinski definition) is 1. The number of benzene rings is 1. The molecule has 1 N–H and O–H groups in total. The highest BCUT2D eigenvalue weighted by molar-refractivity contribution is 5.28. The first-order chi connectivity index (χ1) is 8.69. The van der Waals surface area contributed by atoms with Crippen molar-refractivity contribution in [3.8, 4) is 5.75 Å². The van der Waals surface area contributed by atoms with Gasteiger partial charge in [0.2, 0.25) is 0 Å². The Morgan fingerprint density at radius 2 is 2.06 bits per heavy atom. The molecule has 0 spiro atoms. The standard InChI is InChI=1S/C16H25NO/c1-12-7-8-15(9-13(12)2)17-11-14-5-4-6-16(10-14)18-3/h4-6,10,12-13,15,17H,7-9,11H2,1-3H3. The van der Waals surface area contributed by atoms with Crippen LogP contribution >= 0.6 is 0 Å². The molecule has 1 aromatic rings. The molecule has 2 heteroatoms. The summed E-state index contributed by atoms with van der Waals surface area (Å²) in [5.41, 5.74) is 1.31. The summed E-state index contributed by atoms with van der Waals surface area (Å²) in [5.74, 6) is 2.68. The van der Waals surface area contributed by atoms with E-state index in [-0.39, 0.29) is 0 Å². The highest BCUT2D eigenvalue weighted by Gasteiger charge is 2.23. The smallest absolute Gasteiger partial charge is 0.119 e. The summed E-state index contributed by atoms with van der Waals surface area (Å²) in [6, 6.07) is 9.00. The molecule has 100 valence electrons. The second kappa shape index (κ2) is 6.24. The number of rotatable bonds is 4. The summed E-state index contributed by atoms with van der Waals surface area (Å²) in [5, 5.41) is 3.68. The summed E-state index contributed by atoms with van der Waals surface area (Å²) >= 11 is 0. The fraction of sp³-hybridized carbons (Fsp3) is 0.625. The molecule has 0 radical (unpaired) electrons. The third kappa shape index (κ3) is 3.49. The van der Waals surface area contributed by atoms with Gasteiger partial charge in [-0.1, -0.05) is 26.0 Å². The van der Waals surface area contributed by atoms with Crippen molar-refractivity contribution in [3.05, 3.63) is 29.8 Å². The van der Waals surface area contributed by atoms with Crippen LogP contribution in [-0.2, 0) is 6.54 Å². The second-order valence-corrected chi connectivity index (χ2v) is 5.70. The van der Waals surface area contributed by atoms with Gasteiger partial charge in [-0.05, 0) is 48.8 Å². The first kappa shape index (κ1) is 13.4. The van der Waals surface area contributed by atoms with Gasteiger partial charge in [0.1, 0.15) is 5.75 Å². The minimum Gasteiger partial charge on any atom is -0.497 e. The molecule has 1 aliphatic rings. The Labute approximate surface area is 111 Å². The Bertz CT molecular complexity index is 377. The Morgan fingerprint density at radius 3 is 2.78 bits per heavy atom. The zero-order valence-electron chi connectivity index (χ0n) is 11.8. The van der Waals surface area contributed by atoms with Crippen molar-refractivity contribution in [3.63, 3.8) is 0 Å². The zero-order chi connectivity index (χ0) is 13.0. The van der Waals surface area contributed by atoms with Gasteiger partial charge in [-0.3, -0.25) is 0 Å². The maximum Gasteiger partial charge on any atom is 0.119 e. The number of hydrogen-bond acceptors (Lipinski definition) is 2. The molecule has 1 fully saturated rings. The average molecular weight is 247 g/mol. The molecular weight excluding hydrogens is 222 g/mol. The summed E-state index contributed by atoms with van der Waals surface area (Å²) in [6.07, 6.45) is 3.98. The lowest BCUT2D eigenvalue weighted by Gasteiger charge is -2.32. The lowest BCUT2D eigenvalue weighted by atomic mass is 9.79. The first-order valence-corrected chi connectivity index (χ1v) is 7.05. The molecule has 3 unspecified atom stereocenters. The topological polar surface area (TPSA) is 21.3 Å². The van der Waals surface area contributed by atoms with Crippen molar-refractivity contribution in [1.29, 1.82) is 0 Å². The highest BCUT2D eigenvalue weighted by Crippen LogP contribution is 2.29. The van der Waals surface area contributed by atoms with E-state index in [9.17, 15) is 0 Å². The van der Waals surface area contributed by atoms with Crippen LogP contribution in [0.15, 0.2) is 24.3 Å². The molecule has 2 rings (SSSR count). The van der Waals surface area contributed by atoms with Crippen molar-refractivity contribution in [2.45, 2.75) is 45.7 Å². The number of ether oxygens (including phenoxy) is 1. The van der Waals surface area contributed by atoms with Crippen LogP contribution in [-0.4, -0.2) is 13.2 Å². The van der Waals surface area contributed by atoms with E-state index in [0.717, 1.165) is 24.1 Å². The molecule has 0 aromatic heterocycles. The maximum absolute atomic E-state index is 5.25. The van der Waals surface area contributed by atoms with E-state index in [2.05, 4.69) is 37.4 Å². The molecule has 2 nitrogen and oxygen atoms in total. The summed E-state index contributed by atoms with van der Waals surface area (Å²) < 4.78 is 5.25. The van der Waals surface area contributed by atoms with Gasteiger partial charge in [0.05, 0.1) is 7.11 Å². The highest BCUT2D eigenvalue weighted by atomic mass is 16.5. The van der Waals surface area contributed by atoms with E-state index in [0.29, 0.717) is 6.04 Å². The minimum atomic E-state index is 0.683. The Morgan fingerprint density at radius 1 is 1.22 bits per heavy atom. The van der Waals surface area contributed by atoms with Crippen LogP contribution in [0.5, 0.6) is 5.75 Å². The summed E-state index contributed by atoms with van der Waals surface area (Å²) in [7, 11) is 1.72. The van der Waals surface area contributed by atoms with Crippen molar-refractivity contribution in [2.24, 2.45) is 11.8 Å². The first-order valence-electron chi connectivity index (χ1n) is 7.05. The monoisotopic (exact) mass is 247 g/mol. The Hall–Kier alpha value is -1.02. The van der Waals surface area contributed by atoms with E-state index in [1.54, 1.807) is 7.11 Å². The molecule has 0 aliphatic heterocycles. The second-order valence-electron chi connectivity index (χ2n) is 5.70. The van der Waals surface area contributed by atoms with E-state index >= 15 is 0 Å². The van der Waals surface area contributed by atoms with E-state index < -0.39 is 0 Å². The SMILES string of the molecule is COc1cccc(CNC2CCC(C)C(C)C2)c1. The van der Waals surface area contributed by atoms with Crippen LogP contribution in [0.3, 0.4) is 0 Å². The van der Waals surface area contributed by atoms with E-state index in [1.807, 2.05) is 6.07 Å². The molecule has 3 atom stereocenters. The number of nitrogens with one attached hydrogen (secondary N) is 1. The van der Waals surface area contributed by atoms with Crippen LogP contribution in [0.1, 0.15) is 38.7 Å². The van der Waals surface area contributed by atoms with Crippen LogP contribution < -0.4 is 10.1 Å². The van der Waals surface area contributed by atoms with Crippen molar-refractivity contribution in [1.82, 2.24) is 5.32 Å². The van der Waals surface area contributed by atoms with Crippen LogP contribution in [0.2, 0.25) is 0 Å². The van der Waals surface area contributed by atoms with Gasteiger partial charge in [-0.2, -0.15) is 0 Å². The molecular formula is C16H25NO. The van der Waals surface area contributed by atoms with Crippen molar-refractivity contribution >= 4 is 0 Å². The average Bonchev–Trinajstić information content (AvgIpc) is 2.40. The zero-order valence-corrected chi connectivity index (χ0v) is 11.8. The van der Waals surface area contributed by atoms with Gasteiger partial charge < -0.3 is 10.1 Å². The summed E-state index contributed by atoms with van der Waals surface area (Å²) in [6.45, 7) is 5.70. The van der Waals surface area contributed by atoms with Gasteiger partial charge in [-0.15, -0.1) is 0 Å². The molecule has 1 aliphatic carbocycles. The van der Waals surface area contributed by atoms with Gasteiger partial charge in [0, 0.05) is 12.6 Å². The van der Waals surface area contributed by atoms with Gasteiger partial charge in [0.15, 0.2) is 0 Å². The molecule has 0 saturated heterocycles. The Kier molecular flexibility index (Phi) is 4.65. The quantitative estimate of drug-likeness (QED) is 0.877. The largest absolute Gasteiger partial charge is 0.497 e. The lowest BCUT2D eigenvalue weighted by Crippen LogP contribution is -2.35. The van der Waals surface area contributed by atoms with Gasteiger partial charge in [0.25, 0.3) is 0 Å². The van der Waals surface area contributed by atoms with Gasteiger partial charge >= 0.3 is 0 Å². The maximum atomic E-state index is 5.25. The normalized spacial score (nSPS) is 28.1. The molecule has 0 amide bonds. The predicted molar refractivity (Wildman–Crippen MR) is 75.8 cm³/mol. The van der Waals surface area contributed by atoms with E-state index in [1.165, 1.54) is 24.8 Å². The predicted octanol–water partition coefficient (Wildman–Crippen LogP) is 3.61. The lowest BCUT2D eigenvalue weighted by molar-refractivity contribution is 0.225. The Balaban J connectivity index is 1.84. The molecule has 1 saturated carbocycles. The minimum absolute atomic E-state index is 0.683. The molecule has 0 heterocycles. The fourth-order valence-corrected chi connectivity index (χ4v) is 2.78. The van der Waals surface area contributed by atoms with Crippen LogP contribution in [0, 0.1) is 11.8 Å². The molecule has 18 heavy (non-hydrogen) atoms. The van der Waals surface area contributed by atoms with Crippen molar-refractivity contribution in [2.75, 3.05) is 7.11 Å². The third-order valence-electron chi connectivity index (χ3n) is 4.33. The fourth-order valence-electron chi connectivity index (χ4n) is 2.78. The molecule has 1 aromatic carbocycles. The van der Waals surface area contributed by atoms with E-state index in [4.69, 9.17) is 4.74 Å².